The topological polar surface area (TPSA) is 112 Å². The van der Waals surface area contributed by atoms with Crippen LogP contribution in [0.25, 0.3) is 0 Å². The molecule has 0 amide bonds. The molecule has 3 N–H and O–H groups in total. The predicted molar refractivity (Wildman–Crippen MR) is 49.8 cm³/mol. The highest BCUT2D eigenvalue weighted by Gasteiger charge is 2.30. The van der Waals surface area contributed by atoms with Gasteiger partial charge >= 0.3 is 20.0 Å². The van der Waals surface area contributed by atoms with Crippen molar-refractivity contribution >= 4 is 25.3 Å². The molecule has 0 fully saturated rings. The van der Waals surface area contributed by atoms with E-state index in [1.807, 2.05) is 0 Å². The van der Waals surface area contributed by atoms with Gasteiger partial charge in [-0.05, 0) is 16.7 Å². The zero-order valence-electron chi connectivity index (χ0n) is 7.25. The van der Waals surface area contributed by atoms with Gasteiger partial charge in [0.25, 0.3) is 0 Å². The molecule has 1 aromatic carbocycles. The first-order chi connectivity index (χ1) is 6.95. The van der Waals surface area contributed by atoms with Crippen LogP contribution in [-0.2, 0) is 4.57 Å². The maximum absolute atomic E-state index is 10.8. The summed E-state index contributed by atoms with van der Waals surface area (Å²) < 4.78 is 10.8. The number of rotatable bonds is 3. The van der Waals surface area contributed by atoms with Crippen LogP contribution in [0.1, 0.15) is 20.7 Å². The largest absolute Gasteiger partial charge is 0.547 e. The Hall–Kier alpha value is -1.78. The lowest BCUT2D eigenvalue weighted by molar-refractivity contribution is 0.0652. The Labute approximate surface area is 84.7 Å². The second-order valence-corrected chi connectivity index (χ2v) is 3.61. The van der Waals surface area contributed by atoms with Crippen molar-refractivity contribution in [2.75, 3.05) is 0 Å². The second-order valence-electron chi connectivity index (χ2n) is 2.58. The highest BCUT2D eigenvalue weighted by Crippen LogP contribution is 2.19. The number of hydrogen-bond acceptors (Lipinski definition) is 3. The molecule has 0 saturated heterocycles. The van der Waals surface area contributed by atoms with Gasteiger partial charge in [-0.1, -0.05) is 6.07 Å². The molecule has 0 aromatic heterocycles. The van der Waals surface area contributed by atoms with Crippen molar-refractivity contribution in [3.63, 3.8) is 0 Å². The number of hydrogen-bond donors (Lipinski definition) is 3. The SMILES string of the molecule is O=C(O)c1cccc([P+](=O)O)c1C(=O)O. The normalized spacial score (nSPS) is 10.9. The van der Waals surface area contributed by atoms with E-state index in [0.29, 0.717) is 0 Å². The number of aromatic carboxylic acids is 2. The molecular weight excluding hydrogens is 223 g/mol. The summed E-state index contributed by atoms with van der Waals surface area (Å²) in [6.45, 7) is 0. The minimum absolute atomic E-state index is 0.391. The molecule has 78 valence electrons. The lowest BCUT2D eigenvalue weighted by Crippen LogP contribution is -2.18. The minimum Gasteiger partial charge on any atom is -0.478 e. The van der Waals surface area contributed by atoms with Crippen LogP contribution in [-0.4, -0.2) is 27.0 Å². The number of benzene rings is 1. The van der Waals surface area contributed by atoms with E-state index in [1.165, 1.54) is 6.07 Å². The molecule has 0 radical (unpaired) electrons. The third-order valence-electron chi connectivity index (χ3n) is 1.69. The fraction of sp³-hybridized carbons (Fsp3) is 0. The molecular formula is C8H6O6P+. The Morgan fingerprint density at radius 1 is 1.13 bits per heavy atom. The van der Waals surface area contributed by atoms with Crippen molar-refractivity contribution < 1.29 is 29.3 Å². The molecule has 0 spiro atoms. The highest BCUT2D eigenvalue weighted by atomic mass is 31.1. The van der Waals surface area contributed by atoms with Crippen LogP contribution in [0, 0.1) is 0 Å². The summed E-state index contributed by atoms with van der Waals surface area (Å²) in [5, 5.41) is 17.0. The average molecular weight is 229 g/mol. The van der Waals surface area contributed by atoms with Crippen LogP contribution in [0.5, 0.6) is 0 Å². The maximum atomic E-state index is 10.8. The molecule has 0 aliphatic carbocycles. The summed E-state index contributed by atoms with van der Waals surface area (Å²) in [5.41, 5.74) is -1.15. The van der Waals surface area contributed by atoms with E-state index in [-0.39, 0.29) is 0 Å². The Kier molecular flexibility index (Phi) is 3.14. The summed E-state index contributed by atoms with van der Waals surface area (Å²) >= 11 is 0. The van der Waals surface area contributed by atoms with Crippen molar-refractivity contribution in [2.24, 2.45) is 0 Å². The third kappa shape index (κ3) is 2.18. The van der Waals surface area contributed by atoms with Gasteiger partial charge in [-0.15, -0.1) is 0 Å². The van der Waals surface area contributed by atoms with Gasteiger partial charge in [-0.25, -0.2) is 9.59 Å². The van der Waals surface area contributed by atoms with Crippen LogP contribution in [0.2, 0.25) is 0 Å². The van der Waals surface area contributed by atoms with Gasteiger partial charge < -0.3 is 10.2 Å². The van der Waals surface area contributed by atoms with Crippen LogP contribution >= 0.6 is 8.03 Å². The Balaban J connectivity index is 3.56. The quantitative estimate of drug-likeness (QED) is 0.648. The molecule has 0 aliphatic rings. The second kappa shape index (κ2) is 4.16. The van der Waals surface area contributed by atoms with Gasteiger partial charge in [0.1, 0.15) is 5.56 Å². The molecule has 0 heterocycles. The van der Waals surface area contributed by atoms with Crippen molar-refractivity contribution in [1.29, 1.82) is 0 Å². The van der Waals surface area contributed by atoms with Crippen molar-refractivity contribution in [3.8, 4) is 0 Å². The first-order valence-electron chi connectivity index (χ1n) is 3.71. The Morgan fingerprint density at radius 3 is 2.13 bits per heavy atom. The summed E-state index contributed by atoms with van der Waals surface area (Å²) in [6, 6.07) is 3.39. The highest BCUT2D eigenvalue weighted by molar-refractivity contribution is 7.47. The Morgan fingerprint density at radius 2 is 1.73 bits per heavy atom. The number of carboxylic acids is 2. The maximum Gasteiger partial charge on any atom is 0.547 e. The van der Waals surface area contributed by atoms with E-state index in [1.54, 1.807) is 0 Å². The van der Waals surface area contributed by atoms with E-state index in [2.05, 4.69) is 0 Å². The fourth-order valence-corrected chi connectivity index (χ4v) is 1.72. The van der Waals surface area contributed by atoms with Gasteiger partial charge in [-0.2, -0.15) is 4.89 Å². The molecule has 7 heteroatoms. The van der Waals surface area contributed by atoms with Crippen LogP contribution in [0.15, 0.2) is 18.2 Å². The molecule has 0 bridgehead atoms. The smallest absolute Gasteiger partial charge is 0.478 e. The first kappa shape index (κ1) is 11.3. The fourth-order valence-electron chi connectivity index (χ4n) is 1.10. The molecule has 6 nitrogen and oxygen atoms in total. The minimum atomic E-state index is -2.88. The van der Waals surface area contributed by atoms with E-state index in [4.69, 9.17) is 15.1 Å². The van der Waals surface area contributed by atoms with Gasteiger partial charge in [0, 0.05) is 0 Å². The molecule has 0 aliphatic heterocycles. The standard InChI is InChI=1S/C8H5O6P/c9-7(10)4-2-1-3-5(15(13)14)6(4)8(11)12/h1-3H,(H2-,9,10,11,12,13,14)/p+1. The van der Waals surface area contributed by atoms with Crippen LogP contribution in [0.3, 0.4) is 0 Å². The van der Waals surface area contributed by atoms with E-state index in [9.17, 15) is 14.2 Å². The average Bonchev–Trinajstić information content (AvgIpc) is 2.16. The molecule has 1 atom stereocenters. The van der Waals surface area contributed by atoms with Gasteiger partial charge in [0.2, 0.25) is 5.30 Å². The lowest BCUT2D eigenvalue weighted by Gasteiger charge is -1.99. The molecule has 1 rings (SSSR count). The van der Waals surface area contributed by atoms with Crippen molar-refractivity contribution in [3.05, 3.63) is 29.3 Å². The number of carbonyl (C=O) groups is 2. The number of carboxylic acid groups (broad SMARTS) is 2. The predicted octanol–water partition coefficient (Wildman–Crippen LogP) is 0.443. The van der Waals surface area contributed by atoms with Crippen molar-refractivity contribution in [1.82, 2.24) is 0 Å². The van der Waals surface area contributed by atoms with Crippen molar-refractivity contribution in [2.45, 2.75) is 0 Å². The molecule has 1 aromatic rings. The summed E-state index contributed by atoms with van der Waals surface area (Å²) in [4.78, 5) is 30.2. The molecule has 15 heavy (non-hydrogen) atoms. The monoisotopic (exact) mass is 229 g/mol. The van der Waals surface area contributed by atoms with Crippen LogP contribution < -0.4 is 5.30 Å². The zero-order valence-corrected chi connectivity index (χ0v) is 8.14. The molecule has 0 saturated carbocycles. The van der Waals surface area contributed by atoms with Gasteiger partial charge in [0.05, 0.1) is 5.56 Å². The summed E-state index contributed by atoms with van der Waals surface area (Å²) in [6.07, 6.45) is 0. The molecule has 1 unspecified atom stereocenters. The lowest BCUT2D eigenvalue weighted by atomic mass is 10.1. The van der Waals surface area contributed by atoms with E-state index < -0.39 is 36.4 Å². The zero-order chi connectivity index (χ0) is 11.6. The third-order valence-corrected chi connectivity index (χ3v) is 2.48. The van der Waals surface area contributed by atoms with Gasteiger partial charge in [-0.3, -0.25) is 0 Å². The van der Waals surface area contributed by atoms with E-state index in [0.717, 1.165) is 12.1 Å². The Bertz CT molecular complexity index is 420. The van der Waals surface area contributed by atoms with Crippen LogP contribution in [0.4, 0.5) is 0 Å². The van der Waals surface area contributed by atoms with Gasteiger partial charge in [0.15, 0.2) is 0 Å². The first-order valence-corrected chi connectivity index (χ1v) is 4.92. The van der Waals surface area contributed by atoms with E-state index >= 15 is 0 Å². The summed E-state index contributed by atoms with van der Waals surface area (Å²) in [5.74, 6) is -2.99. The summed E-state index contributed by atoms with van der Waals surface area (Å²) in [7, 11) is -2.88.